The van der Waals surface area contributed by atoms with E-state index in [4.69, 9.17) is 0 Å². The van der Waals surface area contributed by atoms with Gasteiger partial charge in [-0.15, -0.1) is 29.1 Å². The van der Waals surface area contributed by atoms with Crippen LogP contribution in [0.15, 0.2) is 4.52 Å². The van der Waals surface area contributed by atoms with E-state index in [0.29, 0.717) is 0 Å². The summed E-state index contributed by atoms with van der Waals surface area (Å²) in [6, 6.07) is 2.86. The first kappa shape index (κ1) is 12.3. The monoisotopic (exact) mass is 288 g/mol. The Kier molecular flexibility index (Phi) is 7.30. The zero-order valence-corrected chi connectivity index (χ0v) is 10.8. The Bertz CT molecular complexity index is 149. The van der Waals surface area contributed by atoms with Gasteiger partial charge in [0, 0.05) is 19.5 Å². The van der Waals surface area contributed by atoms with Crippen LogP contribution in [0.25, 0.3) is 0 Å². The van der Waals surface area contributed by atoms with Crippen LogP contribution in [-0.2, 0) is 19.5 Å². The van der Waals surface area contributed by atoms with Crippen LogP contribution in [0.2, 0.25) is 0 Å². The topological polar surface area (TPSA) is 26.0 Å². The Morgan fingerprint density at radius 1 is 1.44 bits per heavy atom. The number of hydrogen-bond acceptors (Lipinski definition) is 2. The van der Waals surface area contributed by atoms with Gasteiger partial charge >= 0.3 is 0 Å². The summed E-state index contributed by atoms with van der Waals surface area (Å²) in [4.78, 5) is 0. The first-order valence-electron chi connectivity index (χ1n) is 2.11. The average molecular weight is 289 g/mol. The van der Waals surface area contributed by atoms with Gasteiger partial charge in [-0.3, -0.25) is 0 Å². The molecule has 0 unspecified atom stereocenters. The van der Waals surface area contributed by atoms with Crippen molar-refractivity contribution in [3.63, 3.8) is 0 Å². The Morgan fingerprint density at radius 3 is 2.11 bits per heavy atom. The van der Waals surface area contributed by atoms with Crippen LogP contribution in [0.5, 0.6) is 0 Å². The fourth-order valence-corrected chi connectivity index (χ4v) is 0.437. The smallest absolute Gasteiger partial charge is 0 e. The summed E-state index contributed by atoms with van der Waals surface area (Å²) in [6.07, 6.45) is 0. The van der Waals surface area contributed by atoms with Crippen molar-refractivity contribution >= 4 is 24.0 Å². The van der Waals surface area contributed by atoms with E-state index < -0.39 is 0 Å². The minimum atomic E-state index is 0. The number of hydrogen-bond donors (Lipinski definition) is 0. The molecule has 0 saturated carbocycles. The van der Waals surface area contributed by atoms with Crippen LogP contribution >= 0.6 is 24.0 Å². The molecule has 0 aliphatic carbocycles. The molecule has 0 aliphatic heterocycles. The standard InChI is InChI=1S/C5H6NO.HI.Zn/c1-4-3-5(2)7-6-4;;/h1-2H3;1H;/q-1;;. The van der Waals surface area contributed by atoms with Gasteiger partial charge in [0.15, 0.2) is 0 Å². The fraction of sp³-hybridized carbons (Fsp3) is 0.400. The number of halogens is 1. The second kappa shape index (κ2) is 5.36. The van der Waals surface area contributed by atoms with Gasteiger partial charge in [0.05, 0.1) is 0 Å². The Balaban J connectivity index is 0. The molecule has 0 spiro atoms. The van der Waals surface area contributed by atoms with Crippen LogP contribution in [-0.4, -0.2) is 5.16 Å². The van der Waals surface area contributed by atoms with Crippen molar-refractivity contribution < 1.29 is 24.0 Å². The number of rotatable bonds is 0. The molecule has 2 nitrogen and oxygen atoms in total. The number of nitrogens with zero attached hydrogens (tertiary/aromatic N) is 1. The normalized spacial score (nSPS) is 7.33. The second-order valence-electron chi connectivity index (χ2n) is 1.45. The maximum atomic E-state index is 4.66. The van der Waals surface area contributed by atoms with Crippen LogP contribution in [0.3, 0.4) is 0 Å². The van der Waals surface area contributed by atoms with Crippen LogP contribution in [0, 0.1) is 19.9 Å². The molecule has 48 valence electrons. The molecule has 0 bridgehead atoms. The van der Waals surface area contributed by atoms with Crippen molar-refractivity contribution in [2.24, 2.45) is 0 Å². The summed E-state index contributed by atoms with van der Waals surface area (Å²) in [6.45, 7) is 3.66. The van der Waals surface area contributed by atoms with E-state index in [1.807, 2.05) is 13.8 Å². The third-order valence-corrected chi connectivity index (χ3v) is 0.676. The second-order valence-corrected chi connectivity index (χ2v) is 1.45. The van der Waals surface area contributed by atoms with Crippen molar-refractivity contribution in [2.45, 2.75) is 13.8 Å². The molecule has 9 heavy (non-hydrogen) atoms. The Labute approximate surface area is 84.2 Å². The van der Waals surface area contributed by atoms with Crippen molar-refractivity contribution in [1.82, 2.24) is 5.16 Å². The van der Waals surface area contributed by atoms with Gasteiger partial charge in [-0.1, -0.05) is 12.6 Å². The maximum Gasteiger partial charge on any atom is 0 e. The van der Waals surface area contributed by atoms with Gasteiger partial charge in [0.25, 0.3) is 0 Å². The van der Waals surface area contributed by atoms with Crippen LogP contribution < -0.4 is 0 Å². The van der Waals surface area contributed by atoms with Gasteiger partial charge in [-0.25, -0.2) is 0 Å². The van der Waals surface area contributed by atoms with Crippen molar-refractivity contribution in [1.29, 1.82) is 0 Å². The summed E-state index contributed by atoms with van der Waals surface area (Å²) in [5, 5.41) is 3.59. The minimum Gasteiger partial charge on any atom is -0.403 e. The first-order chi connectivity index (χ1) is 3.29. The predicted octanol–water partition coefficient (Wildman–Crippen LogP) is 1.71. The molecular formula is C5H7INOZn-. The number of aromatic nitrogens is 1. The summed E-state index contributed by atoms with van der Waals surface area (Å²) < 4.78 is 4.66. The van der Waals surface area contributed by atoms with E-state index in [2.05, 4.69) is 15.7 Å². The molecule has 4 heteroatoms. The zero-order chi connectivity index (χ0) is 5.28. The quantitative estimate of drug-likeness (QED) is 0.413. The van der Waals surface area contributed by atoms with Crippen LogP contribution in [0.4, 0.5) is 0 Å². The van der Waals surface area contributed by atoms with Gasteiger partial charge in [0.2, 0.25) is 0 Å². The van der Waals surface area contributed by atoms with Crippen molar-refractivity contribution in [3.05, 3.63) is 17.5 Å². The summed E-state index contributed by atoms with van der Waals surface area (Å²) in [5.41, 5.74) is 0.817. The van der Waals surface area contributed by atoms with E-state index in [-0.39, 0.29) is 43.5 Å². The van der Waals surface area contributed by atoms with E-state index in [1.165, 1.54) is 0 Å². The third-order valence-electron chi connectivity index (χ3n) is 0.676. The van der Waals surface area contributed by atoms with Crippen LogP contribution in [0.1, 0.15) is 11.5 Å². The third kappa shape index (κ3) is 4.03. The van der Waals surface area contributed by atoms with Gasteiger partial charge in [0.1, 0.15) is 0 Å². The number of aryl methyl sites for hydroxylation is 2. The largest absolute Gasteiger partial charge is 0.403 e. The molecule has 1 heterocycles. The molecule has 0 radical (unpaired) electrons. The molecule has 1 aromatic heterocycles. The molecule has 1 rings (SSSR count). The van der Waals surface area contributed by atoms with Gasteiger partial charge in [-0.05, 0) is 12.7 Å². The van der Waals surface area contributed by atoms with Crippen molar-refractivity contribution in [3.8, 4) is 0 Å². The Hall–Kier alpha value is 0.563. The maximum absolute atomic E-state index is 4.66. The van der Waals surface area contributed by atoms with E-state index in [0.717, 1.165) is 11.5 Å². The molecular weight excluding hydrogens is 282 g/mol. The molecule has 0 saturated heterocycles. The SMILES string of the molecule is Cc1[c-]c(C)on1.I.[Zn]. The van der Waals surface area contributed by atoms with Crippen molar-refractivity contribution in [2.75, 3.05) is 0 Å². The van der Waals surface area contributed by atoms with Gasteiger partial charge < -0.3 is 10.6 Å². The van der Waals surface area contributed by atoms with Gasteiger partial charge in [-0.2, -0.15) is 0 Å². The van der Waals surface area contributed by atoms with E-state index in [9.17, 15) is 0 Å². The summed E-state index contributed by atoms with van der Waals surface area (Å²) in [5.74, 6) is 0.748. The molecule has 0 N–H and O–H groups in total. The summed E-state index contributed by atoms with van der Waals surface area (Å²) in [7, 11) is 0. The zero-order valence-electron chi connectivity index (χ0n) is 5.47. The Morgan fingerprint density at radius 2 is 2.00 bits per heavy atom. The molecule has 0 amide bonds. The predicted molar refractivity (Wildman–Crippen MR) is 40.2 cm³/mol. The summed E-state index contributed by atoms with van der Waals surface area (Å²) >= 11 is 0. The molecule has 0 atom stereocenters. The first-order valence-corrected chi connectivity index (χ1v) is 2.11. The fourth-order valence-electron chi connectivity index (χ4n) is 0.437. The van der Waals surface area contributed by atoms with E-state index in [1.54, 1.807) is 0 Å². The minimum absolute atomic E-state index is 0. The molecule has 0 aliphatic rings. The average Bonchev–Trinajstić information content (AvgIpc) is 1.87. The molecule has 0 aromatic carbocycles. The molecule has 1 aromatic rings. The van der Waals surface area contributed by atoms with E-state index >= 15 is 0 Å². The molecule has 0 fully saturated rings.